The summed E-state index contributed by atoms with van der Waals surface area (Å²) in [6, 6.07) is 11.3. The van der Waals surface area contributed by atoms with E-state index in [1.807, 2.05) is 0 Å². The first-order valence-corrected chi connectivity index (χ1v) is 8.34. The molecular formula is C16H11BrCl2N2O2. The topological polar surface area (TPSA) is 49.4 Å². The Labute approximate surface area is 151 Å². The molecular weight excluding hydrogens is 403 g/mol. The molecule has 2 aromatic carbocycles. The summed E-state index contributed by atoms with van der Waals surface area (Å²) in [6.07, 6.45) is 0.0772. The Morgan fingerprint density at radius 3 is 2.43 bits per heavy atom. The van der Waals surface area contributed by atoms with Crippen molar-refractivity contribution in [1.29, 1.82) is 0 Å². The van der Waals surface area contributed by atoms with Crippen LogP contribution in [0.1, 0.15) is 6.42 Å². The van der Waals surface area contributed by atoms with Crippen LogP contribution in [0.5, 0.6) is 0 Å². The van der Waals surface area contributed by atoms with Crippen molar-refractivity contribution >= 4 is 62.3 Å². The fourth-order valence-corrected chi connectivity index (χ4v) is 3.13. The maximum atomic E-state index is 12.5. The Morgan fingerprint density at radius 1 is 1.09 bits per heavy atom. The van der Waals surface area contributed by atoms with Crippen molar-refractivity contribution in [3.63, 3.8) is 0 Å². The van der Waals surface area contributed by atoms with Crippen LogP contribution in [-0.2, 0) is 9.59 Å². The maximum Gasteiger partial charge on any atom is 0.256 e. The molecule has 0 aromatic heterocycles. The Hall–Kier alpha value is -1.56. The van der Waals surface area contributed by atoms with Gasteiger partial charge in [-0.05, 0) is 42.5 Å². The van der Waals surface area contributed by atoms with E-state index in [9.17, 15) is 9.59 Å². The van der Waals surface area contributed by atoms with Crippen molar-refractivity contribution in [2.75, 3.05) is 10.2 Å². The van der Waals surface area contributed by atoms with E-state index < -0.39 is 6.04 Å². The Kier molecular flexibility index (Phi) is 4.62. The lowest BCUT2D eigenvalue weighted by molar-refractivity contribution is -0.121. The normalized spacial score (nSPS) is 17.7. The molecule has 0 bridgehead atoms. The Morgan fingerprint density at radius 2 is 1.78 bits per heavy atom. The number of halogens is 3. The molecule has 0 unspecified atom stereocenters. The molecule has 2 aromatic rings. The highest BCUT2D eigenvalue weighted by atomic mass is 79.9. The molecule has 1 atom stereocenters. The summed E-state index contributed by atoms with van der Waals surface area (Å²) in [5.41, 5.74) is 1.12. The van der Waals surface area contributed by atoms with Crippen LogP contribution in [0.25, 0.3) is 0 Å². The molecule has 1 N–H and O–H groups in total. The average Bonchev–Trinajstić information content (AvgIpc) is 2.78. The van der Waals surface area contributed by atoms with E-state index >= 15 is 0 Å². The van der Waals surface area contributed by atoms with Gasteiger partial charge in [0.05, 0.1) is 22.8 Å². The molecule has 7 heteroatoms. The third kappa shape index (κ3) is 3.37. The minimum Gasteiger partial charge on any atom is -0.372 e. The number of benzene rings is 2. The molecule has 0 saturated carbocycles. The molecule has 118 valence electrons. The van der Waals surface area contributed by atoms with E-state index in [1.54, 1.807) is 42.5 Å². The van der Waals surface area contributed by atoms with Crippen LogP contribution >= 0.6 is 39.1 Å². The summed E-state index contributed by atoms with van der Waals surface area (Å²) in [4.78, 5) is 25.9. The molecule has 0 aliphatic carbocycles. The standard InChI is InChI=1S/C16H11BrCl2N2O2/c17-9-1-4-11(5-2-9)21-15(22)8-14(16(21)23)20-13-6-3-10(18)7-12(13)19/h1-7,14,20H,8H2/t14-/m0/s1. The van der Waals surface area contributed by atoms with Gasteiger partial charge in [0.1, 0.15) is 6.04 Å². The lowest BCUT2D eigenvalue weighted by Gasteiger charge is -2.16. The van der Waals surface area contributed by atoms with Gasteiger partial charge in [-0.25, -0.2) is 4.90 Å². The fraction of sp³-hybridized carbons (Fsp3) is 0.125. The quantitative estimate of drug-likeness (QED) is 0.753. The zero-order valence-electron chi connectivity index (χ0n) is 11.7. The van der Waals surface area contributed by atoms with Crippen LogP contribution in [0.3, 0.4) is 0 Å². The number of imide groups is 1. The molecule has 1 saturated heterocycles. The van der Waals surface area contributed by atoms with Gasteiger partial charge in [0.2, 0.25) is 5.91 Å². The first-order valence-electron chi connectivity index (χ1n) is 6.79. The maximum absolute atomic E-state index is 12.5. The van der Waals surface area contributed by atoms with E-state index in [1.165, 1.54) is 4.90 Å². The highest BCUT2D eigenvalue weighted by Crippen LogP contribution is 2.30. The molecule has 1 fully saturated rings. The lowest BCUT2D eigenvalue weighted by Crippen LogP contribution is -2.34. The van der Waals surface area contributed by atoms with E-state index in [0.29, 0.717) is 21.4 Å². The van der Waals surface area contributed by atoms with Gasteiger partial charge in [-0.1, -0.05) is 39.1 Å². The summed E-state index contributed by atoms with van der Waals surface area (Å²) in [5.74, 6) is -0.553. The molecule has 23 heavy (non-hydrogen) atoms. The molecule has 2 amide bonds. The summed E-state index contributed by atoms with van der Waals surface area (Å²) in [5, 5.41) is 3.92. The summed E-state index contributed by atoms with van der Waals surface area (Å²) in [7, 11) is 0. The second kappa shape index (κ2) is 6.51. The zero-order chi connectivity index (χ0) is 16.6. The molecule has 3 rings (SSSR count). The van der Waals surface area contributed by atoms with Gasteiger partial charge in [0, 0.05) is 9.50 Å². The lowest BCUT2D eigenvalue weighted by atomic mass is 10.2. The average molecular weight is 414 g/mol. The second-order valence-corrected chi connectivity index (χ2v) is 6.83. The number of amides is 2. The third-order valence-corrected chi connectivity index (χ3v) is 4.57. The number of hydrogen-bond donors (Lipinski definition) is 1. The summed E-state index contributed by atoms with van der Waals surface area (Å²) >= 11 is 15.3. The van der Waals surface area contributed by atoms with Crippen LogP contribution < -0.4 is 10.2 Å². The van der Waals surface area contributed by atoms with Gasteiger partial charge >= 0.3 is 0 Å². The van der Waals surface area contributed by atoms with E-state index in [2.05, 4.69) is 21.2 Å². The highest BCUT2D eigenvalue weighted by Gasteiger charge is 2.39. The molecule has 1 aliphatic rings. The minimum absolute atomic E-state index is 0.0772. The number of anilines is 2. The number of hydrogen-bond acceptors (Lipinski definition) is 3. The highest BCUT2D eigenvalue weighted by molar-refractivity contribution is 9.10. The molecule has 1 aliphatic heterocycles. The van der Waals surface area contributed by atoms with Crippen molar-refractivity contribution in [1.82, 2.24) is 0 Å². The zero-order valence-corrected chi connectivity index (χ0v) is 14.8. The van der Waals surface area contributed by atoms with Crippen molar-refractivity contribution in [3.05, 3.63) is 57.0 Å². The first kappa shape index (κ1) is 16.3. The molecule has 1 heterocycles. The number of rotatable bonds is 3. The van der Waals surface area contributed by atoms with Gasteiger partial charge < -0.3 is 5.32 Å². The molecule has 4 nitrogen and oxygen atoms in total. The monoisotopic (exact) mass is 412 g/mol. The van der Waals surface area contributed by atoms with Crippen LogP contribution in [0.2, 0.25) is 10.0 Å². The predicted octanol–water partition coefficient (Wildman–Crippen LogP) is 4.50. The van der Waals surface area contributed by atoms with E-state index in [-0.39, 0.29) is 18.2 Å². The van der Waals surface area contributed by atoms with E-state index in [4.69, 9.17) is 23.2 Å². The number of carbonyl (C=O) groups excluding carboxylic acids is 2. The van der Waals surface area contributed by atoms with Crippen LogP contribution in [-0.4, -0.2) is 17.9 Å². The van der Waals surface area contributed by atoms with Crippen molar-refractivity contribution < 1.29 is 9.59 Å². The van der Waals surface area contributed by atoms with Crippen molar-refractivity contribution in [3.8, 4) is 0 Å². The number of nitrogens with one attached hydrogen (secondary N) is 1. The smallest absolute Gasteiger partial charge is 0.256 e. The predicted molar refractivity (Wildman–Crippen MR) is 95.1 cm³/mol. The first-order chi connectivity index (χ1) is 11.0. The summed E-state index contributed by atoms with van der Waals surface area (Å²) in [6.45, 7) is 0. The van der Waals surface area contributed by atoms with Crippen LogP contribution in [0.15, 0.2) is 46.9 Å². The largest absolute Gasteiger partial charge is 0.372 e. The minimum atomic E-state index is -0.648. The molecule has 0 radical (unpaired) electrons. The third-order valence-electron chi connectivity index (χ3n) is 3.49. The van der Waals surface area contributed by atoms with Gasteiger partial charge in [-0.15, -0.1) is 0 Å². The van der Waals surface area contributed by atoms with Crippen molar-refractivity contribution in [2.24, 2.45) is 0 Å². The van der Waals surface area contributed by atoms with Crippen LogP contribution in [0.4, 0.5) is 11.4 Å². The second-order valence-electron chi connectivity index (χ2n) is 5.07. The SMILES string of the molecule is O=C1C[C@H](Nc2ccc(Cl)cc2Cl)C(=O)N1c1ccc(Br)cc1. The molecule has 0 spiro atoms. The van der Waals surface area contributed by atoms with Crippen molar-refractivity contribution in [2.45, 2.75) is 12.5 Å². The summed E-state index contributed by atoms with van der Waals surface area (Å²) < 4.78 is 0.878. The number of carbonyl (C=O) groups is 2. The van der Waals surface area contributed by atoms with E-state index in [0.717, 1.165) is 4.47 Å². The number of nitrogens with zero attached hydrogens (tertiary/aromatic N) is 1. The Bertz CT molecular complexity index is 780. The van der Waals surface area contributed by atoms with Gasteiger partial charge in [0.25, 0.3) is 5.91 Å². The Balaban J connectivity index is 1.82. The van der Waals surface area contributed by atoms with Gasteiger partial charge in [0.15, 0.2) is 0 Å². The van der Waals surface area contributed by atoms with Gasteiger partial charge in [-0.2, -0.15) is 0 Å². The van der Waals surface area contributed by atoms with Gasteiger partial charge in [-0.3, -0.25) is 9.59 Å². The van der Waals surface area contributed by atoms with Crippen LogP contribution in [0, 0.1) is 0 Å². The fourth-order valence-electron chi connectivity index (χ4n) is 2.40.